The Morgan fingerprint density at radius 1 is 1.14 bits per heavy atom. The van der Waals surface area contributed by atoms with Crippen LogP contribution < -0.4 is 14.8 Å². The van der Waals surface area contributed by atoms with Gasteiger partial charge in [0.25, 0.3) is 0 Å². The molecule has 5 atom stereocenters. The SMILES string of the molecule is CN1C(=O)[C@@]23C[C@@H]4C(C)(C)[C@@]5(C[C@@]41CN2CC[C@]3(C)O)C(=O)Nc1c5ccc2c1OC=CC(C)(C)O2. The zero-order chi connectivity index (χ0) is 25.7. The Hall–Kier alpha value is -2.58. The fourth-order valence-corrected chi connectivity index (χ4v) is 9.04. The molecule has 2 bridgehead atoms. The molecule has 7 aliphatic rings. The number of nitrogens with zero attached hydrogens (tertiary/aromatic N) is 2. The number of benzene rings is 1. The molecule has 0 radical (unpaired) electrons. The Labute approximate surface area is 211 Å². The number of fused-ring (bicyclic) bond motifs is 5. The summed E-state index contributed by atoms with van der Waals surface area (Å²) in [5.41, 5.74) is -2.82. The number of anilines is 1. The van der Waals surface area contributed by atoms with Gasteiger partial charge in [0.1, 0.15) is 11.1 Å². The topological polar surface area (TPSA) is 91.3 Å². The molecule has 1 saturated carbocycles. The average molecular weight is 494 g/mol. The van der Waals surface area contributed by atoms with E-state index in [0.717, 1.165) is 5.56 Å². The number of likely N-dealkylation sites (N-methyl/N-ethyl adjacent to an activating group) is 1. The fourth-order valence-electron chi connectivity index (χ4n) is 9.04. The molecule has 4 saturated heterocycles. The summed E-state index contributed by atoms with van der Waals surface area (Å²) in [5, 5.41) is 14.7. The lowest BCUT2D eigenvalue weighted by Crippen LogP contribution is -2.82. The number of hydrogen-bond acceptors (Lipinski definition) is 6. The van der Waals surface area contributed by atoms with Gasteiger partial charge >= 0.3 is 0 Å². The second kappa shape index (κ2) is 6.10. The molecule has 6 aliphatic heterocycles. The molecule has 8 nitrogen and oxygen atoms in total. The van der Waals surface area contributed by atoms with Crippen LogP contribution in [0.2, 0.25) is 0 Å². The molecule has 1 aliphatic carbocycles. The Morgan fingerprint density at radius 3 is 2.64 bits per heavy atom. The first-order valence-electron chi connectivity index (χ1n) is 13.0. The van der Waals surface area contributed by atoms with E-state index in [1.54, 1.807) is 6.26 Å². The summed E-state index contributed by atoms with van der Waals surface area (Å²) in [7, 11) is 1.88. The maximum Gasteiger partial charge on any atom is 0.246 e. The molecule has 1 aromatic carbocycles. The largest absolute Gasteiger partial charge is 0.480 e. The molecule has 2 amide bonds. The van der Waals surface area contributed by atoms with Crippen molar-refractivity contribution in [2.24, 2.45) is 11.3 Å². The summed E-state index contributed by atoms with van der Waals surface area (Å²) in [5.74, 6) is 1.10. The molecule has 8 rings (SSSR count). The monoisotopic (exact) mass is 493 g/mol. The van der Waals surface area contributed by atoms with Crippen LogP contribution in [0.15, 0.2) is 24.5 Å². The van der Waals surface area contributed by atoms with E-state index in [0.29, 0.717) is 49.5 Å². The lowest BCUT2D eigenvalue weighted by molar-refractivity contribution is -0.206. The Balaban J connectivity index is 1.42. The van der Waals surface area contributed by atoms with Gasteiger partial charge in [-0.3, -0.25) is 14.5 Å². The summed E-state index contributed by atoms with van der Waals surface area (Å²) in [6.45, 7) is 11.5. The Morgan fingerprint density at radius 2 is 1.89 bits per heavy atom. The van der Waals surface area contributed by atoms with Crippen LogP contribution in [0.1, 0.15) is 59.4 Å². The van der Waals surface area contributed by atoms with Crippen molar-refractivity contribution in [2.45, 2.75) is 81.6 Å². The highest BCUT2D eigenvalue weighted by atomic mass is 16.5. The van der Waals surface area contributed by atoms with E-state index in [2.05, 4.69) is 24.1 Å². The molecule has 36 heavy (non-hydrogen) atoms. The normalized spacial score (nSPS) is 42.9. The molecule has 3 spiro atoms. The average Bonchev–Trinajstić information content (AvgIpc) is 3.25. The van der Waals surface area contributed by atoms with Crippen LogP contribution in [0.25, 0.3) is 0 Å². The van der Waals surface area contributed by atoms with Gasteiger partial charge < -0.3 is 24.8 Å². The molecular weight excluding hydrogens is 458 g/mol. The molecule has 0 aromatic heterocycles. The molecule has 8 heteroatoms. The van der Waals surface area contributed by atoms with Gasteiger partial charge in [-0.05, 0) is 69.1 Å². The molecule has 0 unspecified atom stereocenters. The lowest BCUT2D eigenvalue weighted by atomic mass is 9.55. The summed E-state index contributed by atoms with van der Waals surface area (Å²) in [6, 6.07) is 3.92. The zero-order valence-electron chi connectivity index (χ0n) is 21.9. The number of piperazine rings is 1. The predicted octanol–water partition coefficient (Wildman–Crippen LogP) is 2.80. The van der Waals surface area contributed by atoms with Gasteiger partial charge in [-0.1, -0.05) is 19.9 Å². The maximum absolute atomic E-state index is 14.2. The minimum Gasteiger partial charge on any atom is -0.480 e. The summed E-state index contributed by atoms with van der Waals surface area (Å²) in [6.07, 6.45) is 5.16. The highest BCUT2D eigenvalue weighted by Crippen LogP contribution is 2.73. The number of nitrogens with one attached hydrogen (secondary N) is 1. The van der Waals surface area contributed by atoms with Crippen LogP contribution in [0.4, 0.5) is 5.69 Å². The number of ether oxygens (including phenoxy) is 2. The number of carbonyl (C=O) groups is 2. The number of rotatable bonds is 0. The second-order valence-electron chi connectivity index (χ2n) is 13.2. The first-order valence-corrected chi connectivity index (χ1v) is 13.0. The summed E-state index contributed by atoms with van der Waals surface area (Å²) in [4.78, 5) is 32.2. The van der Waals surface area contributed by atoms with Gasteiger partial charge in [0.2, 0.25) is 11.8 Å². The predicted molar refractivity (Wildman–Crippen MR) is 133 cm³/mol. The van der Waals surface area contributed by atoms with Gasteiger partial charge in [-0.25, -0.2) is 0 Å². The smallest absolute Gasteiger partial charge is 0.246 e. The van der Waals surface area contributed by atoms with E-state index in [1.165, 1.54) is 0 Å². The first-order chi connectivity index (χ1) is 16.7. The van der Waals surface area contributed by atoms with Crippen LogP contribution in [0.3, 0.4) is 0 Å². The third kappa shape index (κ3) is 2.15. The Kier molecular flexibility index (Phi) is 3.83. The molecule has 192 valence electrons. The van der Waals surface area contributed by atoms with Gasteiger partial charge in [-0.2, -0.15) is 0 Å². The zero-order valence-corrected chi connectivity index (χ0v) is 21.9. The van der Waals surface area contributed by atoms with E-state index in [1.807, 2.05) is 50.9 Å². The third-order valence-corrected chi connectivity index (χ3v) is 11.0. The van der Waals surface area contributed by atoms with Crippen LogP contribution in [-0.2, 0) is 15.0 Å². The molecule has 1 aromatic rings. The van der Waals surface area contributed by atoms with Crippen molar-refractivity contribution < 1.29 is 24.2 Å². The highest BCUT2D eigenvalue weighted by molar-refractivity contribution is 6.09. The van der Waals surface area contributed by atoms with Crippen LogP contribution in [-0.4, -0.2) is 69.1 Å². The minimum atomic E-state index is -1.10. The highest BCUT2D eigenvalue weighted by Gasteiger charge is 2.82. The molecular formula is C28H35N3O5. The molecule has 5 fully saturated rings. The van der Waals surface area contributed by atoms with Gasteiger partial charge in [0.05, 0.1) is 28.5 Å². The van der Waals surface area contributed by atoms with Crippen LogP contribution in [0.5, 0.6) is 11.5 Å². The van der Waals surface area contributed by atoms with E-state index >= 15 is 0 Å². The number of aliphatic hydroxyl groups is 1. The summed E-state index contributed by atoms with van der Waals surface area (Å²) >= 11 is 0. The lowest BCUT2D eigenvalue weighted by Gasteiger charge is -2.65. The van der Waals surface area contributed by atoms with Gasteiger partial charge in [0, 0.05) is 20.1 Å². The van der Waals surface area contributed by atoms with Crippen molar-refractivity contribution in [3.63, 3.8) is 0 Å². The van der Waals surface area contributed by atoms with Crippen molar-refractivity contribution in [2.75, 3.05) is 25.5 Å². The van der Waals surface area contributed by atoms with Gasteiger partial charge in [0.15, 0.2) is 11.5 Å². The fraction of sp³-hybridized carbons (Fsp3) is 0.643. The van der Waals surface area contributed by atoms with Crippen LogP contribution in [0, 0.1) is 11.3 Å². The van der Waals surface area contributed by atoms with Crippen molar-refractivity contribution in [1.29, 1.82) is 0 Å². The number of carbonyl (C=O) groups excluding carboxylic acids is 2. The first kappa shape index (κ1) is 22.6. The Bertz CT molecular complexity index is 1280. The standard InChI is InChI=1S/C28H35N3O5/c1-23(2)10-12-35-20-17(36-23)8-7-16-19(20)29-21(32)27(16)14-26-15-31-11-9-25(5,34)28(31,22(33)30(26)6)13-18(26)24(27,3)4/h7-8,10,12,18,34H,9,11,13-15H2,1-6H3,(H,29,32)/t18-,25+,26-,27-,28-/m1/s1. The molecule has 6 heterocycles. The van der Waals surface area contributed by atoms with Gasteiger partial charge in [-0.15, -0.1) is 0 Å². The van der Waals surface area contributed by atoms with E-state index < -0.39 is 33.1 Å². The van der Waals surface area contributed by atoms with E-state index in [9.17, 15) is 14.7 Å². The van der Waals surface area contributed by atoms with Crippen LogP contribution >= 0.6 is 0 Å². The second-order valence-corrected chi connectivity index (χ2v) is 13.2. The quantitative estimate of drug-likeness (QED) is 0.578. The van der Waals surface area contributed by atoms with Crippen molar-refractivity contribution in [3.05, 3.63) is 30.0 Å². The minimum absolute atomic E-state index is 0.00925. The van der Waals surface area contributed by atoms with Crippen molar-refractivity contribution in [3.8, 4) is 11.5 Å². The van der Waals surface area contributed by atoms with Crippen molar-refractivity contribution in [1.82, 2.24) is 9.80 Å². The number of amides is 2. The maximum atomic E-state index is 14.2. The van der Waals surface area contributed by atoms with Crippen molar-refractivity contribution >= 4 is 17.5 Å². The van der Waals surface area contributed by atoms with E-state index in [4.69, 9.17) is 9.47 Å². The summed E-state index contributed by atoms with van der Waals surface area (Å²) < 4.78 is 12.2. The number of piperidine rings is 2. The third-order valence-electron chi connectivity index (χ3n) is 11.0. The molecule has 2 N–H and O–H groups in total. The van der Waals surface area contributed by atoms with E-state index in [-0.39, 0.29) is 17.7 Å². The number of hydrogen-bond donors (Lipinski definition) is 2.